The molecule has 120 valence electrons. The summed E-state index contributed by atoms with van der Waals surface area (Å²) in [6.07, 6.45) is 1.19. The third kappa shape index (κ3) is 3.97. The average Bonchev–Trinajstić information content (AvgIpc) is 2.46. The number of amides is 1. The van der Waals surface area contributed by atoms with Crippen molar-refractivity contribution in [1.82, 2.24) is 4.90 Å². The standard InChI is InChI=1S/C15H17BrFNO4/c1-9-2-3-10(15(20)21)7-18(9)14(19)8-22-13-5-4-11(16)6-12(13)17/h4-6,9-10H,2-3,7-8H2,1H3,(H,20,21). The van der Waals surface area contributed by atoms with Gasteiger partial charge in [0.25, 0.3) is 5.91 Å². The second-order valence-corrected chi connectivity index (χ2v) is 6.29. The Kier molecular flexibility index (Phi) is 5.39. The fourth-order valence-corrected chi connectivity index (χ4v) is 2.80. The molecule has 2 unspecified atom stereocenters. The van der Waals surface area contributed by atoms with Gasteiger partial charge >= 0.3 is 5.97 Å². The molecular formula is C15H17BrFNO4. The largest absolute Gasteiger partial charge is 0.481 e. The molecule has 0 radical (unpaired) electrons. The van der Waals surface area contributed by atoms with Gasteiger partial charge in [-0.25, -0.2) is 4.39 Å². The van der Waals surface area contributed by atoms with Crippen LogP contribution < -0.4 is 4.74 Å². The van der Waals surface area contributed by atoms with E-state index < -0.39 is 17.7 Å². The summed E-state index contributed by atoms with van der Waals surface area (Å²) in [7, 11) is 0. The maximum atomic E-state index is 13.6. The molecule has 0 bridgehead atoms. The minimum atomic E-state index is -0.899. The summed E-state index contributed by atoms with van der Waals surface area (Å²) in [6, 6.07) is 4.27. The Morgan fingerprint density at radius 1 is 1.45 bits per heavy atom. The van der Waals surface area contributed by atoms with Crippen LogP contribution in [-0.2, 0) is 9.59 Å². The molecular weight excluding hydrogens is 357 g/mol. The van der Waals surface area contributed by atoms with Crippen LogP contribution in [0.3, 0.4) is 0 Å². The van der Waals surface area contributed by atoms with Gasteiger partial charge in [0, 0.05) is 17.1 Å². The second-order valence-electron chi connectivity index (χ2n) is 5.37. The summed E-state index contributed by atoms with van der Waals surface area (Å²) in [5.41, 5.74) is 0. The highest BCUT2D eigenvalue weighted by atomic mass is 79.9. The van der Waals surface area contributed by atoms with E-state index in [0.29, 0.717) is 17.3 Å². The van der Waals surface area contributed by atoms with Gasteiger partial charge in [-0.3, -0.25) is 9.59 Å². The number of aliphatic carboxylic acids is 1. The van der Waals surface area contributed by atoms with Gasteiger partial charge in [0.2, 0.25) is 0 Å². The first kappa shape index (κ1) is 16.7. The summed E-state index contributed by atoms with van der Waals surface area (Å²) < 4.78 is 19.4. The average molecular weight is 374 g/mol. The van der Waals surface area contributed by atoms with E-state index >= 15 is 0 Å². The molecule has 0 saturated carbocycles. The number of carbonyl (C=O) groups is 2. The van der Waals surface area contributed by atoms with E-state index in [2.05, 4.69) is 15.9 Å². The van der Waals surface area contributed by atoms with Crippen LogP contribution in [0.1, 0.15) is 19.8 Å². The smallest absolute Gasteiger partial charge is 0.308 e. The highest BCUT2D eigenvalue weighted by Crippen LogP contribution is 2.24. The first-order valence-corrected chi connectivity index (χ1v) is 7.78. The van der Waals surface area contributed by atoms with E-state index in [0.717, 1.165) is 0 Å². The summed E-state index contributed by atoms with van der Waals surface area (Å²) in [4.78, 5) is 24.8. The fraction of sp³-hybridized carbons (Fsp3) is 0.467. The Morgan fingerprint density at radius 3 is 2.82 bits per heavy atom. The van der Waals surface area contributed by atoms with Gasteiger partial charge in [-0.05, 0) is 38.0 Å². The number of piperidine rings is 1. The normalized spacial score (nSPS) is 21.5. The van der Waals surface area contributed by atoms with Crippen molar-refractivity contribution in [1.29, 1.82) is 0 Å². The molecule has 1 heterocycles. The van der Waals surface area contributed by atoms with Crippen molar-refractivity contribution in [2.75, 3.05) is 13.2 Å². The predicted molar refractivity (Wildman–Crippen MR) is 81.1 cm³/mol. The minimum Gasteiger partial charge on any atom is -0.481 e. The number of hydrogen-bond donors (Lipinski definition) is 1. The third-order valence-electron chi connectivity index (χ3n) is 3.80. The van der Waals surface area contributed by atoms with Crippen molar-refractivity contribution < 1.29 is 23.8 Å². The molecule has 2 rings (SSSR count). The Hall–Kier alpha value is -1.63. The van der Waals surface area contributed by atoms with Crippen LogP contribution in [0.5, 0.6) is 5.75 Å². The second kappa shape index (κ2) is 7.09. The molecule has 1 N–H and O–H groups in total. The Balaban J connectivity index is 1.97. The number of hydrogen-bond acceptors (Lipinski definition) is 3. The molecule has 22 heavy (non-hydrogen) atoms. The number of carboxylic acid groups (broad SMARTS) is 1. The van der Waals surface area contributed by atoms with Crippen molar-refractivity contribution >= 4 is 27.8 Å². The molecule has 0 aromatic heterocycles. The van der Waals surface area contributed by atoms with Crippen LogP contribution in [-0.4, -0.2) is 41.1 Å². The molecule has 0 spiro atoms. The summed E-state index contributed by atoms with van der Waals surface area (Å²) in [5, 5.41) is 9.07. The van der Waals surface area contributed by atoms with Crippen LogP contribution in [0.25, 0.3) is 0 Å². The van der Waals surface area contributed by atoms with Gasteiger partial charge in [-0.1, -0.05) is 15.9 Å². The number of nitrogens with zero attached hydrogens (tertiary/aromatic N) is 1. The molecule has 1 aliphatic rings. The molecule has 0 aliphatic carbocycles. The molecule has 5 nitrogen and oxygen atoms in total. The Labute approximate surface area is 136 Å². The Bertz CT molecular complexity index is 581. The Morgan fingerprint density at radius 2 is 2.18 bits per heavy atom. The minimum absolute atomic E-state index is 0.00371. The molecule has 1 amide bonds. The van der Waals surface area contributed by atoms with E-state index in [-0.39, 0.29) is 30.9 Å². The SMILES string of the molecule is CC1CCC(C(=O)O)CN1C(=O)COc1ccc(Br)cc1F. The number of benzene rings is 1. The van der Waals surface area contributed by atoms with Gasteiger partial charge in [0.05, 0.1) is 5.92 Å². The highest BCUT2D eigenvalue weighted by molar-refractivity contribution is 9.10. The lowest BCUT2D eigenvalue weighted by Crippen LogP contribution is -2.49. The van der Waals surface area contributed by atoms with E-state index in [1.807, 2.05) is 6.92 Å². The summed E-state index contributed by atoms with van der Waals surface area (Å²) in [6.45, 7) is 1.73. The number of likely N-dealkylation sites (tertiary alicyclic amines) is 1. The van der Waals surface area contributed by atoms with Crippen LogP contribution in [0.15, 0.2) is 22.7 Å². The van der Waals surface area contributed by atoms with Gasteiger partial charge in [0.15, 0.2) is 18.2 Å². The highest BCUT2D eigenvalue weighted by Gasteiger charge is 2.32. The van der Waals surface area contributed by atoms with Crippen LogP contribution in [0.2, 0.25) is 0 Å². The van der Waals surface area contributed by atoms with Gasteiger partial charge in [-0.2, -0.15) is 0 Å². The van der Waals surface area contributed by atoms with E-state index in [9.17, 15) is 14.0 Å². The molecule has 7 heteroatoms. The molecule has 1 saturated heterocycles. The zero-order valence-corrected chi connectivity index (χ0v) is 13.7. The fourth-order valence-electron chi connectivity index (χ4n) is 2.47. The van der Waals surface area contributed by atoms with E-state index in [1.165, 1.54) is 17.0 Å². The van der Waals surface area contributed by atoms with Crippen molar-refractivity contribution in [3.63, 3.8) is 0 Å². The zero-order chi connectivity index (χ0) is 16.3. The first-order chi connectivity index (χ1) is 10.4. The number of halogens is 2. The molecule has 1 fully saturated rings. The number of carbonyl (C=O) groups excluding carboxylic acids is 1. The molecule has 1 aliphatic heterocycles. The summed E-state index contributed by atoms with van der Waals surface area (Å²) >= 11 is 3.14. The molecule has 2 atom stereocenters. The summed E-state index contributed by atoms with van der Waals surface area (Å²) in [5.74, 6) is -2.34. The lowest BCUT2D eigenvalue weighted by molar-refractivity contribution is -0.147. The maximum absolute atomic E-state index is 13.6. The van der Waals surface area contributed by atoms with Crippen LogP contribution in [0.4, 0.5) is 4.39 Å². The lowest BCUT2D eigenvalue weighted by atomic mass is 9.93. The number of rotatable bonds is 4. The first-order valence-electron chi connectivity index (χ1n) is 6.98. The monoisotopic (exact) mass is 373 g/mol. The van der Waals surface area contributed by atoms with Crippen molar-refractivity contribution in [3.8, 4) is 5.75 Å². The lowest BCUT2D eigenvalue weighted by Gasteiger charge is -2.36. The van der Waals surface area contributed by atoms with Crippen LogP contribution >= 0.6 is 15.9 Å². The topological polar surface area (TPSA) is 66.8 Å². The van der Waals surface area contributed by atoms with Gasteiger partial charge in [0.1, 0.15) is 0 Å². The van der Waals surface area contributed by atoms with Gasteiger partial charge in [-0.15, -0.1) is 0 Å². The molecule has 1 aromatic rings. The third-order valence-corrected chi connectivity index (χ3v) is 4.29. The van der Waals surface area contributed by atoms with Gasteiger partial charge < -0.3 is 14.7 Å². The maximum Gasteiger partial charge on any atom is 0.308 e. The van der Waals surface area contributed by atoms with E-state index in [1.54, 1.807) is 6.07 Å². The predicted octanol–water partition coefficient (Wildman–Crippen LogP) is 2.68. The van der Waals surface area contributed by atoms with E-state index in [4.69, 9.17) is 9.84 Å². The number of ether oxygens (including phenoxy) is 1. The zero-order valence-electron chi connectivity index (χ0n) is 12.1. The quantitative estimate of drug-likeness (QED) is 0.880. The van der Waals surface area contributed by atoms with Crippen molar-refractivity contribution in [3.05, 3.63) is 28.5 Å². The van der Waals surface area contributed by atoms with Crippen molar-refractivity contribution in [2.24, 2.45) is 5.92 Å². The number of carboxylic acids is 1. The molecule has 1 aromatic carbocycles. The van der Waals surface area contributed by atoms with Crippen LogP contribution in [0, 0.1) is 11.7 Å². The van der Waals surface area contributed by atoms with Crippen molar-refractivity contribution in [2.45, 2.75) is 25.8 Å².